The van der Waals surface area contributed by atoms with Gasteiger partial charge < -0.3 is 10.1 Å². The van der Waals surface area contributed by atoms with Crippen molar-refractivity contribution in [3.05, 3.63) is 63.7 Å². The zero-order valence-corrected chi connectivity index (χ0v) is 15.3. The van der Waals surface area contributed by atoms with Crippen LogP contribution in [-0.2, 0) is 0 Å². The van der Waals surface area contributed by atoms with Gasteiger partial charge in [0.05, 0.1) is 16.9 Å². The average molecular weight is 394 g/mol. The number of hydrogen-bond donors (Lipinski definition) is 1. The van der Waals surface area contributed by atoms with Crippen LogP contribution in [0.2, 0.25) is 0 Å². The first kappa shape index (κ1) is 20.4. The highest BCUT2D eigenvalue weighted by Crippen LogP contribution is 2.34. The van der Waals surface area contributed by atoms with Crippen molar-refractivity contribution in [1.82, 2.24) is 0 Å². The third-order valence-electron chi connectivity index (χ3n) is 3.58. The van der Waals surface area contributed by atoms with E-state index < -0.39 is 10.7 Å². The second kappa shape index (κ2) is 9.13. The first-order chi connectivity index (χ1) is 12.8. The van der Waals surface area contributed by atoms with E-state index in [1.54, 1.807) is 19.2 Å². The van der Waals surface area contributed by atoms with Crippen molar-refractivity contribution in [3.8, 4) is 5.75 Å². The number of allylic oxidation sites excluding steroid dienone is 1. The van der Waals surface area contributed by atoms with E-state index in [2.05, 4.69) is 5.32 Å². The summed E-state index contributed by atoms with van der Waals surface area (Å²) in [6.07, 6.45) is 2.70. The summed E-state index contributed by atoms with van der Waals surface area (Å²) in [5.74, 6) is -2.81. The molecule has 6 nitrogen and oxygen atoms in total. The van der Waals surface area contributed by atoms with Crippen molar-refractivity contribution in [2.45, 2.75) is 10.7 Å². The van der Waals surface area contributed by atoms with Gasteiger partial charge in [0.1, 0.15) is 11.4 Å². The third-order valence-corrected chi connectivity index (χ3v) is 4.35. The highest BCUT2D eigenvalue weighted by atomic mass is 32.2. The number of anilines is 1. The van der Waals surface area contributed by atoms with Crippen LogP contribution in [-0.4, -0.2) is 30.6 Å². The van der Waals surface area contributed by atoms with E-state index in [1.165, 1.54) is 43.5 Å². The Labute approximate surface area is 158 Å². The number of ether oxygens (including phenoxy) is 1. The second-order valence-corrected chi connectivity index (χ2v) is 6.26. The highest BCUT2D eigenvalue weighted by Gasteiger charge is 2.14. The predicted octanol–water partition coefficient (Wildman–Crippen LogP) is 4.86. The SMILES string of the molecule is CNc1ccc(C=CC(=O)c2ccc(SC(F)F)c(OC)c2)cc1[N+](=O)[O-]. The Morgan fingerprint density at radius 2 is 2.04 bits per heavy atom. The van der Waals surface area contributed by atoms with E-state index in [-0.39, 0.29) is 27.7 Å². The molecule has 0 saturated heterocycles. The number of nitro benzene ring substituents is 1. The van der Waals surface area contributed by atoms with E-state index in [0.717, 1.165) is 0 Å². The minimum atomic E-state index is -2.60. The Morgan fingerprint density at radius 3 is 2.63 bits per heavy atom. The van der Waals surface area contributed by atoms with Crippen molar-refractivity contribution in [3.63, 3.8) is 0 Å². The topological polar surface area (TPSA) is 81.5 Å². The zero-order chi connectivity index (χ0) is 20.0. The number of nitro groups is 1. The maximum atomic E-state index is 12.5. The molecular weight excluding hydrogens is 378 g/mol. The summed E-state index contributed by atoms with van der Waals surface area (Å²) in [6, 6.07) is 8.71. The Hall–Kier alpha value is -2.94. The molecule has 142 valence electrons. The van der Waals surface area contributed by atoms with Crippen LogP contribution in [0.1, 0.15) is 15.9 Å². The lowest BCUT2D eigenvalue weighted by molar-refractivity contribution is -0.383. The van der Waals surface area contributed by atoms with Crippen molar-refractivity contribution >= 4 is 35.0 Å². The largest absolute Gasteiger partial charge is 0.496 e. The molecule has 0 bridgehead atoms. The molecule has 0 aromatic heterocycles. The third kappa shape index (κ3) is 5.27. The molecule has 2 aromatic rings. The van der Waals surface area contributed by atoms with Gasteiger partial charge in [-0.25, -0.2) is 0 Å². The fourth-order valence-corrected chi connectivity index (χ4v) is 2.89. The Kier molecular flexibility index (Phi) is 6.89. The number of benzene rings is 2. The average Bonchev–Trinajstić information content (AvgIpc) is 2.65. The molecule has 0 aliphatic carbocycles. The monoisotopic (exact) mass is 394 g/mol. The van der Waals surface area contributed by atoms with Crippen molar-refractivity contribution < 1.29 is 23.2 Å². The minimum Gasteiger partial charge on any atom is -0.496 e. The second-order valence-electron chi connectivity index (χ2n) is 5.23. The Morgan fingerprint density at radius 1 is 1.30 bits per heavy atom. The molecule has 0 atom stereocenters. The van der Waals surface area contributed by atoms with Gasteiger partial charge >= 0.3 is 0 Å². The van der Waals surface area contributed by atoms with Crippen LogP contribution in [0.3, 0.4) is 0 Å². The molecule has 0 aliphatic rings. The number of thioether (sulfide) groups is 1. The van der Waals surface area contributed by atoms with Crippen LogP contribution >= 0.6 is 11.8 Å². The van der Waals surface area contributed by atoms with E-state index in [9.17, 15) is 23.7 Å². The smallest absolute Gasteiger partial charge is 0.292 e. The zero-order valence-electron chi connectivity index (χ0n) is 14.4. The van der Waals surface area contributed by atoms with Crippen LogP contribution in [0.4, 0.5) is 20.2 Å². The molecule has 1 N–H and O–H groups in total. The van der Waals surface area contributed by atoms with Crippen molar-refractivity contribution in [2.24, 2.45) is 0 Å². The molecule has 0 heterocycles. The van der Waals surface area contributed by atoms with Crippen LogP contribution in [0.15, 0.2) is 47.4 Å². The normalized spacial score (nSPS) is 11.0. The number of nitrogens with zero attached hydrogens (tertiary/aromatic N) is 1. The molecule has 0 saturated carbocycles. The summed E-state index contributed by atoms with van der Waals surface area (Å²) >= 11 is 0.331. The first-order valence-corrected chi connectivity index (χ1v) is 8.55. The summed E-state index contributed by atoms with van der Waals surface area (Å²) in [6.45, 7) is 0. The van der Waals surface area contributed by atoms with Crippen LogP contribution in [0.5, 0.6) is 5.75 Å². The molecule has 9 heteroatoms. The molecule has 27 heavy (non-hydrogen) atoms. The molecule has 0 radical (unpaired) electrons. The van der Waals surface area contributed by atoms with Gasteiger partial charge in [-0.1, -0.05) is 23.9 Å². The van der Waals surface area contributed by atoms with Gasteiger partial charge in [0.2, 0.25) is 0 Å². The molecule has 2 aromatic carbocycles. The van der Waals surface area contributed by atoms with Gasteiger partial charge in [-0.2, -0.15) is 8.78 Å². The number of rotatable bonds is 8. The maximum Gasteiger partial charge on any atom is 0.292 e. The maximum absolute atomic E-state index is 12.5. The Balaban J connectivity index is 2.24. The summed E-state index contributed by atoms with van der Waals surface area (Å²) in [7, 11) is 2.90. The summed E-state index contributed by atoms with van der Waals surface area (Å²) in [5.41, 5.74) is 0.983. The molecule has 0 unspecified atom stereocenters. The molecular formula is C18H16F2N2O4S. The summed E-state index contributed by atoms with van der Waals surface area (Å²) < 4.78 is 30.1. The van der Waals surface area contributed by atoms with Gasteiger partial charge in [-0.15, -0.1) is 0 Å². The Bertz CT molecular complexity index is 888. The lowest BCUT2D eigenvalue weighted by Crippen LogP contribution is -1.98. The van der Waals surface area contributed by atoms with Gasteiger partial charge in [-0.05, 0) is 35.9 Å². The number of carbonyl (C=O) groups is 1. The fraction of sp³-hybridized carbons (Fsp3) is 0.167. The van der Waals surface area contributed by atoms with E-state index in [4.69, 9.17) is 4.74 Å². The summed E-state index contributed by atoms with van der Waals surface area (Å²) in [5, 5.41) is 13.8. The fourth-order valence-electron chi connectivity index (χ4n) is 2.30. The van der Waals surface area contributed by atoms with E-state index in [0.29, 0.717) is 23.0 Å². The minimum absolute atomic E-state index is 0.109. The summed E-state index contributed by atoms with van der Waals surface area (Å²) in [4.78, 5) is 23.1. The van der Waals surface area contributed by atoms with Gasteiger partial charge in [0, 0.05) is 18.7 Å². The van der Waals surface area contributed by atoms with Crippen molar-refractivity contribution in [2.75, 3.05) is 19.5 Å². The van der Waals surface area contributed by atoms with E-state index in [1.807, 2.05) is 0 Å². The molecule has 0 spiro atoms. The number of carbonyl (C=O) groups excluding carboxylic acids is 1. The van der Waals surface area contributed by atoms with Crippen LogP contribution < -0.4 is 10.1 Å². The standard InChI is InChI=1S/C18H16F2N2O4S/c1-21-13-6-3-11(9-14(13)22(24)25)4-7-15(23)12-5-8-17(27-18(19)20)16(10-12)26-2/h3-10,18,21H,1-2H3. The first-order valence-electron chi connectivity index (χ1n) is 7.67. The number of halogens is 2. The quantitative estimate of drug-likeness (QED) is 0.226. The highest BCUT2D eigenvalue weighted by molar-refractivity contribution is 7.99. The number of hydrogen-bond acceptors (Lipinski definition) is 6. The number of ketones is 1. The van der Waals surface area contributed by atoms with Crippen molar-refractivity contribution in [1.29, 1.82) is 0 Å². The van der Waals surface area contributed by atoms with Crippen LogP contribution in [0.25, 0.3) is 6.08 Å². The molecule has 2 rings (SSSR count). The predicted molar refractivity (Wildman–Crippen MR) is 101 cm³/mol. The van der Waals surface area contributed by atoms with Crippen LogP contribution in [0, 0.1) is 10.1 Å². The lowest BCUT2D eigenvalue weighted by atomic mass is 10.1. The van der Waals surface area contributed by atoms with Gasteiger partial charge in [0.25, 0.3) is 11.4 Å². The molecule has 0 aliphatic heterocycles. The number of nitrogens with one attached hydrogen (secondary N) is 1. The number of alkyl halides is 2. The van der Waals surface area contributed by atoms with Gasteiger partial charge in [-0.3, -0.25) is 14.9 Å². The lowest BCUT2D eigenvalue weighted by Gasteiger charge is -2.08. The number of methoxy groups -OCH3 is 1. The molecule has 0 fully saturated rings. The van der Waals surface area contributed by atoms with Gasteiger partial charge in [0.15, 0.2) is 5.78 Å². The molecule has 0 amide bonds. The van der Waals surface area contributed by atoms with E-state index >= 15 is 0 Å².